The molecule has 0 spiro atoms. The van der Waals surface area contributed by atoms with Gasteiger partial charge in [-0.3, -0.25) is 0 Å². The van der Waals surface area contributed by atoms with Gasteiger partial charge < -0.3 is 15.8 Å². The summed E-state index contributed by atoms with van der Waals surface area (Å²) < 4.78 is 18.3. The summed E-state index contributed by atoms with van der Waals surface area (Å²) in [6, 6.07) is 14.8. The van der Waals surface area contributed by atoms with Gasteiger partial charge in [-0.2, -0.15) is 0 Å². The van der Waals surface area contributed by atoms with Crippen LogP contribution in [0.25, 0.3) is 0 Å². The van der Waals surface area contributed by atoms with E-state index in [4.69, 9.17) is 10.5 Å². The Morgan fingerprint density at radius 3 is 2.62 bits per heavy atom. The van der Waals surface area contributed by atoms with Crippen LogP contribution < -0.4 is 15.8 Å². The third kappa shape index (κ3) is 3.85. The van der Waals surface area contributed by atoms with Crippen LogP contribution in [0, 0.1) is 5.82 Å². The van der Waals surface area contributed by atoms with Crippen molar-refractivity contribution in [2.75, 3.05) is 7.11 Å². The smallest absolute Gasteiger partial charge is 0.189 e. The number of rotatable bonds is 5. The van der Waals surface area contributed by atoms with Crippen molar-refractivity contribution in [3.63, 3.8) is 0 Å². The van der Waals surface area contributed by atoms with Crippen molar-refractivity contribution in [3.05, 3.63) is 65.5 Å². The Hall–Kier alpha value is -2.56. The van der Waals surface area contributed by atoms with E-state index in [0.29, 0.717) is 24.5 Å². The molecule has 24 heavy (non-hydrogen) atoms. The Labute approximate surface area is 141 Å². The number of benzene rings is 2. The van der Waals surface area contributed by atoms with Gasteiger partial charge in [0.1, 0.15) is 11.6 Å². The van der Waals surface area contributed by atoms with Crippen molar-refractivity contribution in [1.29, 1.82) is 0 Å². The van der Waals surface area contributed by atoms with Crippen LogP contribution in [0.4, 0.5) is 4.39 Å². The van der Waals surface area contributed by atoms with E-state index in [-0.39, 0.29) is 5.82 Å². The molecule has 0 aromatic heterocycles. The molecule has 1 saturated carbocycles. The summed E-state index contributed by atoms with van der Waals surface area (Å²) in [4.78, 5) is 4.39. The second kappa shape index (κ2) is 7.34. The first-order valence-corrected chi connectivity index (χ1v) is 8.09. The number of hydrogen-bond acceptors (Lipinski definition) is 2. The number of aliphatic imine (C=N–C) groups is 1. The molecule has 0 bridgehead atoms. The van der Waals surface area contributed by atoms with E-state index in [2.05, 4.69) is 10.3 Å². The molecule has 1 fully saturated rings. The van der Waals surface area contributed by atoms with Gasteiger partial charge in [0.15, 0.2) is 5.96 Å². The van der Waals surface area contributed by atoms with Crippen LogP contribution >= 0.6 is 0 Å². The van der Waals surface area contributed by atoms with Gasteiger partial charge >= 0.3 is 0 Å². The highest BCUT2D eigenvalue weighted by Gasteiger charge is 2.30. The lowest BCUT2D eigenvalue weighted by atomic mass is 9.76. The van der Waals surface area contributed by atoms with E-state index < -0.39 is 0 Å². The summed E-state index contributed by atoms with van der Waals surface area (Å²) >= 11 is 0. The standard InChI is InChI=1S/C19H22FN3O/c1-24-18-5-3-2-4-14(18)12-22-19(21)23-17-10-15(11-17)13-6-8-16(20)9-7-13/h2-9,15,17H,10-12H2,1H3,(H3,21,22,23). The largest absolute Gasteiger partial charge is 0.496 e. The minimum atomic E-state index is -0.194. The second-order valence-electron chi connectivity index (χ2n) is 6.07. The molecule has 0 heterocycles. The molecule has 2 aromatic rings. The molecule has 0 atom stereocenters. The number of halogens is 1. The Morgan fingerprint density at radius 2 is 1.92 bits per heavy atom. The number of methoxy groups -OCH3 is 1. The number of nitrogens with one attached hydrogen (secondary N) is 1. The van der Waals surface area contributed by atoms with Crippen LogP contribution in [0.2, 0.25) is 0 Å². The van der Waals surface area contributed by atoms with Crippen molar-refractivity contribution in [2.45, 2.75) is 31.3 Å². The number of guanidine groups is 1. The van der Waals surface area contributed by atoms with E-state index in [9.17, 15) is 4.39 Å². The van der Waals surface area contributed by atoms with E-state index >= 15 is 0 Å². The normalized spacial score (nSPS) is 20.3. The summed E-state index contributed by atoms with van der Waals surface area (Å²) in [5.74, 6) is 1.53. The fourth-order valence-electron chi connectivity index (χ4n) is 3.00. The maximum Gasteiger partial charge on any atom is 0.189 e. The lowest BCUT2D eigenvalue weighted by Gasteiger charge is -2.36. The zero-order valence-electron chi connectivity index (χ0n) is 13.7. The zero-order valence-corrected chi connectivity index (χ0v) is 13.7. The maximum absolute atomic E-state index is 12.9. The monoisotopic (exact) mass is 327 g/mol. The van der Waals surface area contributed by atoms with Gasteiger partial charge in [-0.05, 0) is 42.5 Å². The summed E-state index contributed by atoms with van der Waals surface area (Å²) in [6.07, 6.45) is 1.97. The molecule has 126 valence electrons. The predicted octanol–water partition coefficient (Wildman–Crippen LogP) is 3.18. The molecule has 2 aromatic carbocycles. The lowest BCUT2D eigenvalue weighted by Crippen LogP contribution is -2.46. The SMILES string of the molecule is COc1ccccc1CN=C(N)NC1CC(c2ccc(F)cc2)C1. The number of para-hydroxylation sites is 1. The Balaban J connectivity index is 1.49. The predicted molar refractivity (Wildman–Crippen MR) is 93.6 cm³/mol. The quantitative estimate of drug-likeness (QED) is 0.655. The number of ether oxygens (including phenoxy) is 1. The summed E-state index contributed by atoms with van der Waals surface area (Å²) in [5, 5.41) is 3.25. The highest BCUT2D eigenvalue weighted by molar-refractivity contribution is 5.78. The third-order valence-corrected chi connectivity index (χ3v) is 4.44. The highest BCUT2D eigenvalue weighted by atomic mass is 19.1. The number of hydrogen-bond donors (Lipinski definition) is 2. The minimum absolute atomic E-state index is 0.194. The number of nitrogens with two attached hydrogens (primary N) is 1. The fraction of sp³-hybridized carbons (Fsp3) is 0.316. The summed E-state index contributed by atoms with van der Waals surface area (Å²) in [6.45, 7) is 0.483. The molecule has 1 aliphatic rings. The van der Waals surface area contributed by atoms with Crippen molar-refractivity contribution < 1.29 is 9.13 Å². The van der Waals surface area contributed by atoms with Crippen molar-refractivity contribution in [3.8, 4) is 5.75 Å². The van der Waals surface area contributed by atoms with Gasteiger partial charge in [0.25, 0.3) is 0 Å². The molecular formula is C19H22FN3O. The van der Waals surface area contributed by atoms with E-state index in [0.717, 1.165) is 24.2 Å². The lowest BCUT2D eigenvalue weighted by molar-refractivity contribution is 0.323. The van der Waals surface area contributed by atoms with Gasteiger partial charge in [-0.25, -0.2) is 9.38 Å². The highest BCUT2D eigenvalue weighted by Crippen LogP contribution is 2.36. The van der Waals surface area contributed by atoms with E-state index in [1.165, 1.54) is 17.7 Å². The first-order valence-electron chi connectivity index (χ1n) is 8.09. The number of nitrogens with zero attached hydrogens (tertiary/aromatic N) is 1. The maximum atomic E-state index is 12.9. The molecule has 0 aliphatic heterocycles. The van der Waals surface area contributed by atoms with Crippen LogP contribution in [0.3, 0.4) is 0 Å². The first-order chi connectivity index (χ1) is 11.7. The topological polar surface area (TPSA) is 59.6 Å². The Kier molecular flexibility index (Phi) is 4.99. The molecule has 0 radical (unpaired) electrons. The van der Waals surface area contributed by atoms with Crippen LogP contribution in [-0.2, 0) is 6.54 Å². The minimum Gasteiger partial charge on any atom is -0.496 e. The average molecular weight is 327 g/mol. The Bertz CT molecular complexity index is 709. The molecule has 0 amide bonds. The van der Waals surface area contributed by atoms with Crippen molar-refractivity contribution >= 4 is 5.96 Å². The van der Waals surface area contributed by atoms with E-state index in [1.54, 1.807) is 7.11 Å². The summed E-state index contributed by atoms with van der Waals surface area (Å²) in [5.41, 5.74) is 8.16. The van der Waals surface area contributed by atoms with Crippen LogP contribution in [0.1, 0.15) is 29.9 Å². The molecular weight excluding hydrogens is 305 g/mol. The van der Waals surface area contributed by atoms with Crippen LogP contribution in [0.5, 0.6) is 5.75 Å². The van der Waals surface area contributed by atoms with Gasteiger partial charge in [0.05, 0.1) is 13.7 Å². The molecule has 5 heteroatoms. The van der Waals surface area contributed by atoms with Gasteiger partial charge in [-0.1, -0.05) is 30.3 Å². The first kappa shape index (κ1) is 16.3. The molecule has 0 saturated heterocycles. The molecule has 3 N–H and O–H groups in total. The second-order valence-corrected chi connectivity index (χ2v) is 6.07. The fourth-order valence-corrected chi connectivity index (χ4v) is 3.00. The van der Waals surface area contributed by atoms with Gasteiger partial charge in [0, 0.05) is 11.6 Å². The molecule has 0 unspecified atom stereocenters. The Morgan fingerprint density at radius 1 is 1.21 bits per heavy atom. The third-order valence-electron chi connectivity index (χ3n) is 4.44. The summed E-state index contributed by atoms with van der Waals surface area (Å²) in [7, 11) is 1.65. The van der Waals surface area contributed by atoms with E-state index in [1.807, 2.05) is 36.4 Å². The molecule has 4 nitrogen and oxygen atoms in total. The van der Waals surface area contributed by atoms with Gasteiger partial charge in [-0.15, -0.1) is 0 Å². The molecule has 3 rings (SSSR count). The molecule has 1 aliphatic carbocycles. The average Bonchev–Trinajstić information content (AvgIpc) is 2.57. The van der Waals surface area contributed by atoms with Crippen molar-refractivity contribution in [2.24, 2.45) is 10.7 Å². The van der Waals surface area contributed by atoms with Crippen LogP contribution in [0.15, 0.2) is 53.5 Å². The zero-order chi connectivity index (χ0) is 16.9. The van der Waals surface area contributed by atoms with Crippen LogP contribution in [-0.4, -0.2) is 19.1 Å². The van der Waals surface area contributed by atoms with Crippen molar-refractivity contribution in [1.82, 2.24) is 5.32 Å². The van der Waals surface area contributed by atoms with Gasteiger partial charge in [0.2, 0.25) is 0 Å².